The van der Waals surface area contributed by atoms with Crippen LogP contribution in [0.1, 0.15) is 11.1 Å². The molecule has 2 amide bonds. The second-order valence-electron chi connectivity index (χ2n) is 5.69. The van der Waals surface area contributed by atoms with Gasteiger partial charge < -0.3 is 25.2 Å². The van der Waals surface area contributed by atoms with Crippen LogP contribution in [0.15, 0.2) is 42.5 Å². The summed E-state index contributed by atoms with van der Waals surface area (Å²) in [4.78, 5) is 12.3. The Bertz CT molecular complexity index is 704. The molecule has 3 N–H and O–H groups in total. The molecule has 2 aromatic carbocycles. The number of benzene rings is 2. The number of nitrogens with one attached hydrogen (secondary N) is 2. The molecular weight excluding hydrogens is 320 g/mol. The first-order valence-electron chi connectivity index (χ1n) is 8.02. The third-order valence-electron chi connectivity index (χ3n) is 3.86. The number of amides is 2. The van der Waals surface area contributed by atoms with Crippen molar-refractivity contribution in [3.05, 3.63) is 53.6 Å². The molecule has 0 heterocycles. The van der Waals surface area contributed by atoms with Crippen molar-refractivity contribution < 1.29 is 19.4 Å². The predicted octanol–water partition coefficient (Wildman–Crippen LogP) is 2.74. The van der Waals surface area contributed by atoms with Gasteiger partial charge in [0.05, 0.1) is 26.9 Å². The van der Waals surface area contributed by atoms with Crippen LogP contribution in [0.4, 0.5) is 10.5 Å². The summed E-state index contributed by atoms with van der Waals surface area (Å²) >= 11 is 0. The fourth-order valence-electron chi connectivity index (χ4n) is 2.52. The van der Waals surface area contributed by atoms with E-state index in [9.17, 15) is 9.90 Å². The van der Waals surface area contributed by atoms with Crippen molar-refractivity contribution in [2.24, 2.45) is 0 Å². The zero-order chi connectivity index (χ0) is 18.2. The minimum Gasteiger partial charge on any atom is -0.493 e. The standard InChI is InChI=1S/C19H24N2O4/c1-13-9-17(24-2)18(25-3)11-16(13)21-19(23)20-15(12-22)10-14-7-5-4-6-8-14/h4-9,11,15,22H,10,12H2,1-3H3,(H2,20,21,23). The van der Waals surface area contributed by atoms with Crippen molar-refractivity contribution >= 4 is 11.7 Å². The Hall–Kier alpha value is -2.73. The molecule has 0 bridgehead atoms. The average Bonchev–Trinajstić information content (AvgIpc) is 2.63. The maximum absolute atomic E-state index is 12.3. The molecule has 134 valence electrons. The van der Waals surface area contributed by atoms with Gasteiger partial charge in [0.1, 0.15) is 0 Å². The lowest BCUT2D eigenvalue weighted by Gasteiger charge is -2.18. The first kappa shape index (κ1) is 18.6. The zero-order valence-corrected chi connectivity index (χ0v) is 14.7. The number of aryl methyl sites for hydroxylation is 1. The second-order valence-corrected chi connectivity index (χ2v) is 5.69. The largest absolute Gasteiger partial charge is 0.493 e. The first-order chi connectivity index (χ1) is 12.1. The van der Waals surface area contributed by atoms with Crippen LogP contribution in [0, 0.1) is 6.92 Å². The molecule has 6 nitrogen and oxygen atoms in total. The third kappa shape index (κ3) is 5.12. The Morgan fingerprint density at radius 2 is 1.76 bits per heavy atom. The molecule has 0 saturated heterocycles. The van der Waals surface area contributed by atoms with Crippen molar-refractivity contribution in [2.75, 3.05) is 26.1 Å². The van der Waals surface area contributed by atoms with Crippen molar-refractivity contribution in [1.29, 1.82) is 0 Å². The summed E-state index contributed by atoms with van der Waals surface area (Å²) < 4.78 is 10.5. The summed E-state index contributed by atoms with van der Waals surface area (Å²) in [7, 11) is 3.10. The van der Waals surface area contributed by atoms with Crippen LogP contribution in [0.5, 0.6) is 11.5 Å². The van der Waals surface area contributed by atoms with Crippen LogP contribution in [-0.4, -0.2) is 38.0 Å². The van der Waals surface area contributed by atoms with E-state index in [1.54, 1.807) is 26.4 Å². The van der Waals surface area contributed by atoms with Gasteiger partial charge in [0.2, 0.25) is 0 Å². The number of hydrogen-bond donors (Lipinski definition) is 3. The number of hydrogen-bond acceptors (Lipinski definition) is 4. The van der Waals surface area contributed by atoms with Crippen molar-refractivity contribution in [1.82, 2.24) is 5.32 Å². The van der Waals surface area contributed by atoms with Crippen LogP contribution >= 0.6 is 0 Å². The van der Waals surface area contributed by atoms with Crippen molar-refractivity contribution in [3.63, 3.8) is 0 Å². The van der Waals surface area contributed by atoms with E-state index in [4.69, 9.17) is 9.47 Å². The van der Waals surface area contributed by atoms with Crippen LogP contribution < -0.4 is 20.1 Å². The molecule has 1 atom stereocenters. The van der Waals surface area contributed by atoms with E-state index in [-0.39, 0.29) is 18.7 Å². The fourth-order valence-corrected chi connectivity index (χ4v) is 2.52. The fraction of sp³-hybridized carbons (Fsp3) is 0.316. The Kier molecular flexibility index (Phi) is 6.65. The number of urea groups is 1. The molecule has 0 spiro atoms. The van der Waals surface area contributed by atoms with Crippen molar-refractivity contribution in [2.45, 2.75) is 19.4 Å². The molecule has 2 aromatic rings. The maximum Gasteiger partial charge on any atom is 0.319 e. The molecular formula is C19H24N2O4. The molecule has 0 fully saturated rings. The zero-order valence-electron chi connectivity index (χ0n) is 14.7. The number of carbonyl (C=O) groups is 1. The number of ether oxygens (including phenoxy) is 2. The molecule has 2 rings (SSSR count). The summed E-state index contributed by atoms with van der Waals surface area (Å²) in [5, 5.41) is 15.1. The lowest BCUT2D eigenvalue weighted by molar-refractivity contribution is 0.224. The first-order valence-corrected chi connectivity index (χ1v) is 8.02. The minimum absolute atomic E-state index is 0.146. The van der Waals surface area contributed by atoms with Gasteiger partial charge in [-0.2, -0.15) is 0 Å². The van der Waals surface area contributed by atoms with Crippen LogP contribution in [0.25, 0.3) is 0 Å². The van der Waals surface area contributed by atoms with E-state index in [0.29, 0.717) is 23.6 Å². The quantitative estimate of drug-likeness (QED) is 0.721. The van der Waals surface area contributed by atoms with Crippen LogP contribution in [0.2, 0.25) is 0 Å². The van der Waals surface area contributed by atoms with Gasteiger partial charge in [-0.05, 0) is 30.5 Å². The van der Waals surface area contributed by atoms with Gasteiger partial charge in [-0.25, -0.2) is 4.79 Å². The molecule has 0 aromatic heterocycles. The summed E-state index contributed by atoms with van der Waals surface area (Å²) in [5.74, 6) is 1.13. The van der Waals surface area contributed by atoms with Gasteiger partial charge in [-0.3, -0.25) is 0 Å². The van der Waals surface area contributed by atoms with E-state index in [1.807, 2.05) is 37.3 Å². The molecule has 6 heteroatoms. The third-order valence-corrected chi connectivity index (χ3v) is 3.86. The number of rotatable bonds is 7. The lowest BCUT2D eigenvalue weighted by Crippen LogP contribution is -2.41. The van der Waals surface area contributed by atoms with E-state index in [0.717, 1.165) is 11.1 Å². The number of aliphatic hydroxyl groups is 1. The Balaban J connectivity index is 2.03. The number of carbonyl (C=O) groups excluding carboxylic acids is 1. The highest BCUT2D eigenvalue weighted by Gasteiger charge is 2.14. The maximum atomic E-state index is 12.3. The van der Waals surface area contributed by atoms with Gasteiger partial charge in [0, 0.05) is 11.8 Å². The Labute approximate surface area is 147 Å². The topological polar surface area (TPSA) is 79.8 Å². The molecule has 0 aliphatic carbocycles. The number of anilines is 1. The SMILES string of the molecule is COc1cc(C)c(NC(=O)NC(CO)Cc2ccccc2)cc1OC. The molecule has 0 saturated carbocycles. The predicted molar refractivity (Wildman–Crippen MR) is 97.5 cm³/mol. The highest BCUT2D eigenvalue weighted by Crippen LogP contribution is 2.32. The van der Waals surface area contributed by atoms with Crippen LogP contribution in [0.3, 0.4) is 0 Å². The molecule has 0 radical (unpaired) electrons. The monoisotopic (exact) mass is 344 g/mol. The van der Waals surface area contributed by atoms with Gasteiger partial charge in [0.15, 0.2) is 11.5 Å². The van der Waals surface area contributed by atoms with E-state index >= 15 is 0 Å². The Morgan fingerprint density at radius 3 is 2.36 bits per heavy atom. The van der Waals surface area contributed by atoms with Gasteiger partial charge in [-0.15, -0.1) is 0 Å². The minimum atomic E-state index is -0.384. The smallest absolute Gasteiger partial charge is 0.319 e. The molecule has 25 heavy (non-hydrogen) atoms. The average molecular weight is 344 g/mol. The second kappa shape index (κ2) is 8.94. The molecule has 0 aliphatic heterocycles. The van der Waals surface area contributed by atoms with Crippen LogP contribution in [-0.2, 0) is 6.42 Å². The molecule has 0 aliphatic rings. The molecule has 1 unspecified atom stereocenters. The van der Waals surface area contributed by atoms with E-state index < -0.39 is 0 Å². The number of aliphatic hydroxyl groups excluding tert-OH is 1. The summed E-state index contributed by atoms with van der Waals surface area (Å²) in [6.07, 6.45) is 0.551. The summed E-state index contributed by atoms with van der Waals surface area (Å²) in [6.45, 7) is 1.72. The number of methoxy groups -OCH3 is 2. The van der Waals surface area contributed by atoms with Gasteiger partial charge in [-0.1, -0.05) is 30.3 Å². The highest BCUT2D eigenvalue weighted by molar-refractivity contribution is 5.90. The summed E-state index contributed by atoms with van der Waals surface area (Å²) in [6, 6.07) is 12.4. The normalized spacial score (nSPS) is 11.5. The van der Waals surface area contributed by atoms with Gasteiger partial charge in [0.25, 0.3) is 0 Å². The van der Waals surface area contributed by atoms with Crippen molar-refractivity contribution in [3.8, 4) is 11.5 Å². The lowest BCUT2D eigenvalue weighted by atomic mass is 10.1. The van der Waals surface area contributed by atoms with Gasteiger partial charge >= 0.3 is 6.03 Å². The Morgan fingerprint density at radius 1 is 1.12 bits per heavy atom. The summed E-state index contributed by atoms with van der Waals surface area (Å²) in [5.41, 5.74) is 2.51. The highest BCUT2D eigenvalue weighted by atomic mass is 16.5. The van der Waals surface area contributed by atoms with E-state index in [1.165, 1.54) is 0 Å². The van der Waals surface area contributed by atoms with E-state index in [2.05, 4.69) is 10.6 Å².